The van der Waals surface area contributed by atoms with Crippen molar-refractivity contribution in [2.75, 3.05) is 12.8 Å². The van der Waals surface area contributed by atoms with Crippen molar-refractivity contribution in [3.63, 3.8) is 0 Å². The zero-order valence-corrected chi connectivity index (χ0v) is 12.6. The standard InChI is InChI=1S/C12H25O4P/c1-7-14-8-12(6)9-17(13,15-10(2)3)16-11(4)5/h8,10-11H,7,9H2,1-6H3. The lowest BCUT2D eigenvalue weighted by Gasteiger charge is -2.22. The molecule has 0 heterocycles. The molecule has 0 rings (SSSR count). The van der Waals surface area contributed by atoms with E-state index in [1.807, 2.05) is 41.5 Å². The Morgan fingerprint density at radius 3 is 2.00 bits per heavy atom. The van der Waals surface area contributed by atoms with Crippen molar-refractivity contribution in [1.29, 1.82) is 0 Å². The monoisotopic (exact) mass is 264 g/mol. The fourth-order valence-corrected chi connectivity index (χ4v) is 3.48. The maximum Gasteiger partial charge on any atom is 0.335 e. The highest BCUT2D eigenvalue weighted by atomic mass is 31.2. The topological polar surface area (TPSA) is 44.8 Å². The van der Waals surface area contributed by atoms with Crippen LogP contribution in [0.5, 0.6) is 0 Å². The predicted molar refractivity (Wildman–Crippen MR) is 70.3 cm³/mol. The van der Waals surface area contributed by atoms with Crippen molar-refractivity contribution in [2.24, 2.45) is 0 Å². The van der Waals surface area contributed by atoms with Crippen LogP contribution in [-0.4, -0.2) is 25.0 Å². The highest BCUT2D eigenvalue weighted by Gasteiger charge is 2.28. The van der Waals surface area contributed by atoms with Crippen LogP contribution in [0.2, 0.25) is 0 Å². The lowest BCUT2D eigenvalue weighted by atomic mass is 10.4. The summed E-state index contributed by atoms with van der Waals surface area (Å²) < 4.78 is 28.5. The number of ether oxygens (including phenoxy) is 1. The molecule has 0 aliphatic rings. The molecule has 0 fully saturated rings. The second-order valence-corrected chi connectivity index (χ2v) is 6.46. The summed E-state index contributed by atoms with van der Waals surface area (Å²) in [7, 11) is -3.08. The molecular weight excluding hydrogens is 239 g/mol. The van der Waals surface area contributed by atoms with Gasteiger partial charge in [-0.2, -0.15) is 0 Å². The average molecular weight is 264 g/mol. The number of rotatable bonds is 8. The zero-order valence-electron chi connectivity index (χ0n) is 11.7. The van der Waals surface area contributed by atoms with Crippen LogP contribution in [0.4, 0.5) is 0 Å². The highest BCUT2D eigenvalue weighted by molar-refractivity contribution is 7.54. The number of allylic oxidation sites excluding steroid dienone is 1. The van der Waals surface area contributed by atoms with Crippen molar-refractivity contribution >= 4 is 7.60 Å². The minimum Gasteiger partial charge on any atom is -0.502 e. The molecule has 0 bridgehead atoms. The normalized spacial score (nSPS) is 13.5. The van der Waals surface area contributed by atoms with Gasteiger partial charge >= 0.3 is 7.60 Å². The van der Waals surface area contributed by atoms with E-state index in [9.17, 15) is 4.57 Å². The molecule has 0 unspecified atom stereocenters. The van der Waals surface area contributed by atoms with E-state index in [-0.39, 0.29) is 18.4 Å². The Bertz CT molecular complexity index is 270. The fourth-order valence-electron chi connectivity index (χ4n) is 1.31. The fraction of sp³-hybridized carbons (Fsp3) is 0.833. The molecule has 0 aromatic rings. The Labute approximate surface area is 105 Å². The second-order valence-electron chi connectivity index (χ2n) is 4.50. The Hall–Kier alpha value is -0.310. The van der Waals surface area contributed by atoms with E-state index >= 15 is 0 Å². The van der Waals surface area contributed by atoms with Crippen LogP contribution in [0, 0.1) is 0 Å². The van der Waals surface area contributed by atoms with Gasteiger partial charge in [-0.25, -0.2) is 0 Å². The molecular formula is C12H25O4P. The first-order valence-electron chi connectivity index (χ1n) is 6.02. The summed E-state index contributed by atoms with van der Waals surface area (Å²) in [4.78, 5) is 0. The van der Waals surface area contributed by atoms with Gasteiger partial charge in [0.05, 0.1) is 31.2 Å². The molecule has 0 aliphatic carbocycles. The van der Waals surface area contributed by atoms with Gasteiger partial charge in [0.1, 0.15) is 0 Å². The molecule has 0 saturated carbocycles. The molecule has 102 valence electrons. The lowest BCUT2D eigenvalue weighted by Crippen LogP contribution is -2.10. The average Bonchev–Trinajstić information content (AvgIpc) is 2.10. The molecule has 5 heteroatoms. The maximum absolute atomic E-state index is 12.5. The summed E-state index contributed by atoms with van der Waals surface area (Å²) in [6.07, 6.45) is 1.63. The third-order valence-corrected chi connectivity index (χ3v) is 4.01. The van der Waals surface area contributed by atoms with Gasteiger partial charge in [0, 0.05) is 0 Å². The first kappa shape index (κ1) is 16.7. The van der Waals surface area contributed by atoms with Gasteiger partial charge in [-0.05, 0) is 47.1 Å². The van der Waals surface area contributed by atoms with Gasteiger partial charge in [0.2, 0.25) is 0 Å². The van der Waals surface area contributed by atoms with Crippen molar-refractivity contribution < 1.29 is 18.3 Å². The molecule has 0 aromatic carbocycles. The van der Waals surface area contributed by atoms with Crippen LogP contribution in [0.3, 0.4) is 0 Å². The summed E-state index contributed by atoms with van der Waals surface area (Å²) >= 11 is 0. The van der Waals surface area contributed by atoms with E-state index in [1.165, 1.54) is 0 Å². The minimum atomic E-state index is -3.08. The SMILES string of the molecule is CCOC=C(C)CP(=O)(OC(C)C)OC(C)C. The summed E-state index contributed by atoms with van der Waals surface area (Å²) in [6.45, 7) is 11.7. The van der Waals surface area contributed by atoms with E-state index in [0.717, 1.165) is 5.57 Å². The Morgan fingerprint density at radius 1 is 1.18 bits per heavy atom. The zero-order chi connectivity index (χ0) is 13.5. The Balaban J connectivity index is 4.64. The summed E-state index contributed by atoms with van der Waals surface area (Å²) in [6, 6.07) is 0. The Kier molecular flexibility index (Phi) is 7.77. The van der Waals surface area contributed by atoms with Gasteiger partial charge in [-0.15, -0.1) is 0 Å². The van der Waals surface area contributed by atoms with Crippen molar-refractivity contribution in [3.8, 4) is 0 Å². The van der Waals surface area contributed by atoms with Gasteiger partial charge < -0.3 is 13.8 Å². The summed E-state index contributed by atoms with van der Waals surface area (Å²) in [5.74, 6) is 0. The van der Waals surface area contributed by atoms with Crippen LogP contribution in [-0.2, 0) is 18.3 Å². The molecule has 0 aromatic heterocycles. The van der Waals surface area contributed by atoms with E-state index in [0.29, 0.717) is 6.61 Å². The predicted octanol–water partition coefficient (Wildman–Crippen LogP) is 3.97. The first-order valence-corrected chi connectivity index (χ1v) is 7.75. The van der Waals surface area contributed by atoms with Crippen LogP contribution in [0.1, 0.15) is 41.5 Å². The van der Waals surface area contributed by atoms with Crippen molar-refractivity contribution in [2.45, 2.75) is 53.8 Å². The third kappa shape index (κ3) is 8.42. The number of hydrogen-bond acceptors (Lipinski definition) is 4. The van der Waals surface area contributed by atoms with Gasteiger partial charge in [-0.3, -0.25) is 4.57 Å². The van der Waals surface area contributed by atoms with Crippen LogP contribution >= 0.6 is 7.60 Å². The van der Waals surface area contributed by atoms with Crippen LogP contribution < -0.4 is 0 Å². The number of hydrogen-bond donors (Lipinski definition) is 0. The molecule has 17 heavy (non-hydrogen) atoms. The largest absolute Gasteiger partial charge is 0.502 e. The van der Waals surface area contributed by atoms with Crippen LogP contribution in [0.15, 0.2) is 11.8 Å². The van der Waals surface area contributed by atoms with Crippen LogP contribution in [0.25, 0.3) is 0 Å². The molecule has 4 nitrogen and oxygen atoms in total. The van der Waals surface area contributed by atoms with Crippen molar-refractivity contribution in [3.05, 3.63) is 11.8 Å². The molecule has 0 amide bonds. The van der Waals surface area contributed by atoms with Gasteiger partial charge in [0.15, 0.2) is 0 Å². The summed E-state index contributed by atoms with van der Waals surface area (Å²) in [5.41, 5.74) is 0.858. The van der Waals surface area contributed by atoms with Crippen molar-refractivity contribution in [1.82, 2.24) is 0 Å². The molecule has 0 atom stereocenters. The molecule has 0 aliphatic heterocycles. The Morgan fingerprint density at radius 2 is 1.65 bits per heavy atom. The first-order chi connectivity index (χ1) is 7.79. The molecule has 0 saturated heterocycles. The maximum atomic E-state index is 12.5. The minimum absolute atomic E-state index is 0.125. The van der Waals surface area contributed by atoms with E-state index in [1.54, 1.807) is 6.26 Å². The molecule has 0 N–H and O–H groups in total. The quantitative estimate of drug-likeness (QED) is 0.491. The highest BCUT2D eigenvalue weighted by Crippen LogP contribution is 2.51. The van der Waals surface area contributed by atoms with E-state index < -0.39 is 7.60 Å². The van der Waals surface area contributed by atoms with E-state index in [4.69, 9.17) is 13.8 Å². The second kappa shape index (κ2) is 7.91. The third-order valence-electron chi connectivity index (χ3n) is 1.64. The van der Waals surface area contributed by atoms with Gasteiger partial charge in [-0.1, -0.05) is 0 Å². The molecule has 0 spiro atoms. The van der Waals surface area contributed by atoms with Gasteiger partial charge in [0.25, 0.3) is 0 Å². The van der Waals surface area contributed by atoms with E-state index in [2.05, 4.69) is 0 Å². The smallest absolute Gasteiger partial charge is 0.335 e. The molecule has 0 radical (unpaired) electrons. The lowest BCUT2D eigenvalue weighted by molar-refractivity contribution is 0.143. The summed E-state index contributed by atoms with van der Waals surface area (Å²) in [5, 5.41) is 0.